The van der Waals surface area contributed by atoms with Crippen LogP contribution in [0.5, 0.6) is 0 Å². The molecule has 1 unspecified atom stereocenters. The first kappa shape index (κ1) is 23.8. The van der Waals surface area contributed by atoms with E-state index in [1.54, 1.807) is 0 Å². The average molecular weight is 465 g/mol. The zero-order valence-corrected chi connectivity index (χ0v) is 19.5. The SMILES string of the molecule is CCC(CCC(=O)O)NC(=O)[C@@H]1CC[C@H](NC(=O)OCC2c3ccccc3-c3ccccc32)C1. The zero-order valence-electron chi connectivity index (χ0n) is 19.5. The Kier molecular flexibility index (Phi) is 7.50. The predicted octanol–water partition coefficient (Wildman–Crippen LogP) is 4.45. The number of nitrogens with one attached hydrogen (secondary N) is 2. The van der Waals surface area contributed by atoms with E-state index in [4.69, 9.17) is 9.84 Å². The summed E-state index contributed by atoms with van der Waals surface area (Å²) in [5.74, 6) is -1.09. The van der Waals surface area contributed by atoms with Crippen LogP contribution in [-0.2, 0) is 14.3 Å². The van der Waals surface area contributed by atoms with Gasteiger partial charge in [0, 0.05) is 30.3 Å². The Hall–Kier alpha value is -3.35. The van der Waals surface area contributed by atoms with Gasteiger partial charge in [-0.25, -0.2) is 4.79 Å². The first-order chi connectivity index (χ1) is 16.5. The van der Waals surface area contributed by atoms with Gasteiger partial charge in [-0.05, 0) is 54.4 Å². The van der Waals surface area contributed by atoms with Gasteiger partial charge in [-0.15, -0.1) is 0 Å². The Morgan fingerprint density at radius 3 is 2.29 bits per heavy atom. The van der Waals surface area contributed by atoms with Crippen molar-refractivity contribution in [3.63, 3.8) is 0 Å². The summed E-state index contributed by atoms with van der Waals surface area (Å²) in [5.41, 5.74) is 4.71. The summed E-state index contributed by atoms with van der Waals surface area (Å²) in [4.78, 5) is 36.0. The summed E-state index contributed by atoms with van der Waals surface area (Å²) in [6.07, 6.45) is 2.66. The molecular formula is C27H32N2O5. The molecule has 180 valence electrons. The quantitative estimate of drug-likeness (QED) is 0.508. The van der Waals surface area contributed by atoms with Crippen molar-refractivity contribution in [2.45, 2.75) is 63.5 Å². The third kappa shape index (κ3) is 5.41. The van der Waals surface area contributed by atoms with Crippen LogP contribution in [0.15, 0.2) is 48.5 Å². The summed E-state index contributed by atoms with van der Waals surface area (Å²) < 4.78 is 5.63. The lowest BCUT2D eigenvalue weighted by molar-refractivity contribution is -0.137. The molecule has 7 heteroatoms. The summed E-state index contributed by atoms with van der Waals surface area (Å²) in [5, 5.41) is 14.8. The van der Waals surface area contributed by atoms with Crippen molar-refractivity contribution in [3.05, 3.63) is 59.7 Å². The number of fused-ring (bicyclic) bond motifs is 3. The Bertz CT molecular complexity index is 1010. The number of carbonyl (C=O) groups excluding carboxylic acids is 2. The molecule has 2 aromatic rings. The van der Waals surface area contributed by atoms with E-state index >= 15 is 0 Å². The molecule has 0 bridgehead atoms. The fraction of sp³-hybridized carbons (Fsp3) is 0.444. The molecule has 34 heavy (non-hydrogen) atoms. The summed E-state index contributed by atoms with van der Waals surface area (Å²) >= 11 is 0. The molecule has 1 fully saturated rings. The van der Waals surface area contributed by atoms with Crippen LogP contribution in [0.25, 0.3) is 11.1 Å². The predicted molar refractivity (Wildman–Crippen MR) is 128 cm³/mol. The molecule has 1 saturated carbocycles. The second kappa shape index (κ2) is 10.7. The lowest BCUT2D eigenvalue weighted by Crippen LogP contribution is -2.39. The van der Waals surface area contributed by atoms with Gasteiger partial charge in [0.25, 0.3) is 0 Å². The number of amides is 2. The van der Waals surface area contributed by atoms with Crippen molar-refractivity contribution in [1.29, 1.82) is 0 Å². The Balaban J connectivity index is 1.26. The summed E-state index contributed by atoms with van der Waals surface area (Å²) in [6.45, 7) is 2.20. The van der Waals surface area contributed by atoms with Crippen molar-refractivity contribution in [1.82, 2.24) is 10.6 Å². The maximum Gasteiger partial charge on any atom is 0.407 e. The monoisotopic (exact) mass is 464 g/mol. The number of alkyl carbamates (subject to hydrolysis) is 1. The van der Waals surface area contributed by atoms with E-state index in [2.05, 4.69) is 34.9 Å². The molecule has 0 aromatic heterocycles. The number of benzene rings is 2. The molecule has 0 heterocycles. The van der Waals surface area contributed by atoms with Crippen LogP contribution < -0.4 is 10.6 Å². The largest absolute Gasteiger partial charge is 0.481 e. The zero-order chi connectivity index (χ0) is 24.1. The Labute approximate surface area is 199 Å². The standard InChI is InChI=1S/C27H32N2O5/c1-2-18(13-14-25(30)31)28-26(32)17-11-12-19(15-17)29-27(33)34-16-24-22-9-5-3-7-20(22)21-8-4-6-10-23(21)24/h3-10,17-19,24H,2,11-16H2,1H3,(H,28,32)(H,29,33)(H,30,31)/t17-,18?,19+/m1/s1. The van der Waals surface area contributed by atoms with Crippen molar-refractivity contribution in [2.75, 3.05) is 6.61 Å². The first-order valence-electron chi connectivity index (χ1n) is 12.1. The van der Waals surface area contributed by atoms with Gasteiger partial charge in [-0.2, -0.15) is 0 Å². The van der Waals surface area contributed by atoms with Gasteiger partial charge in [0.2, 0.25) is 5.91 Å². The lowest BCUT2D eigenvalue weighted by Gasteiger charge is -2.19. The summed E-state index contributed by atoms with van der Waals surface area (Å²) in [7, 11) is 0. The van der Waals surface area contributed by atoms with Crippen molar-refractivity contribution in [3.8, 4) is 11.1 Å². The lowest BCUT2D eigenvalue weighted by atomic mass is 9.98. The molecule has 2 amide bonds. The topological polar surface area (TPSA) is 105 Å². The van der Waals surface area contributed by atoms with Gasteiger partial charge >= 0.3 is 12.1 Å². The number of carboxylic acid groups (broad SMARTS) is 1. The maximum atomic E-state index is 12.6. The molecule has 0 aliphatic heterocycles. The van der Waals surface area contributed by atoms with Crippen LogP contribution in [-0.4, -0.2) is 41.8 Å². The third-order valence-electron chi connectivity index (χ3n) is 7.01. The van der Waals surface area contributed by atoms with Crippen LogP contribution >= 0.6 is 0 Å². The van der Waals surface area contributed by atoms with Gasteiger partial charge in [-0.1, -0.05) is 55.5 Å². The van der Waals surface area contributed by atoms with Crippen molar-refractivity contribution in [2.24, 2.45) is 5.92 Å². The summed E-state index contributed by atoms with van der Waals surface area (Å²) in [6, 6.07) is 16.2. The fourth-order valence-electron chi connectivity index (χ4n) is 5.15. The van der Waals surface area contributed by atoms with Gasteiger partial charge in [0.15, 0.2) is 0 Å². The minimum atomic E-state index is -0.860. The fourth-order valence-corrected chi connectivity index (χ4v) is 5.15. The van der Waals surface area contributed by atoms with Crippen molar-refractivity contribution < 1.29 is 24.2 Å². The minimum Gasteiger partial charge on any atom is -0.481 e. The van der Waals surface area contributed by atoms with Crippen LogP contribution in [0.3, 0.4) is 0 Å². The highest BCUT2D eigenvalue weighted by molar-refractivity contribution is 5.80. The van der Waals surface area contributed by atoms with E-state index in [1.807, 2.05) is 31.2 Å². The van der Waals surface area contributed by atoms with E-state index in [0.29, 0.717) is 32.1 Å². The molecule has 2 aliphatic rings. The highest BCUT2D eigenvalue weighted by Gasteiger charge is 2.33. The molecule has 3 N–H and O–H groups in total. The molecule has 2 aromatic carbocycles. The van der Waals surface area contributed by atoms with Crippen LogP contribution in [0.1, 0.15) is 62.5 Å². The second-order valence-corrected chi connectivity index (χ2v) is 9.22. The molecular weight excluding hydrogens is 432 g/mol. The smallest absolute Gasteiger partial charge is 0.407 e. The number of carboxylic acids is 1. The number of rotatable bonds is 9. The van der Waals surface area contributed by atoms with Gasteiger partial charge in [0.05, 0.1) is 0 Å². The van der Waals surface area contributed by atoms with E-state index in [0.717, 1.165) is 0 Å². The van der Waals surface area contributed by atoms with Crippen molar-refractivity contribution >= 4 is 18.0 Å². The molecule has 0 radical (unpaired) electrons. The van der Waals surface area contributed by atoms with Crippen LogP contribution in [0.4, 0.5) is 4.79 Å². The van der Waals surface area contributed by atoms with Gasteiger partial charge < -0.3 is 20.5 Å². The van der Waals surface area contributed by atoms with E-state index in [1.165, 1.54) is 22.3 Å². The third-order valence-corrected chi connectivity index (χ3v) is 7.01. The highest BCUT2D eigenvalue weighted by atomic mass is 16.5. The maximum absolute atomic E-state index is 12.6. The Morgan fingerprint density at radius 2 is 1.68 bits per heavy atom. The Morgan fingerprint density at radius 1 is 1.03 bits per heavy atom. The molecule has 4 rings (SSSR count). The minimum absolute atomic E-state index is 0.0111. The van der Waals surface area contributed by atoms with Crippen LogP contribution in [0.2, 0.25) is 0 Å². The molecule has 0 saturated heterocycles. The van der Waals surface area contributed by atoms with Crippen LogP contribution in [0, 0.1) is 5.92 Å². The second-order valence-electron chi connectivity index (χ2n) is 9.22. The highest BCUT2D eigenvalue weighted by Crippen LogP contribution is 2.44. The van der Waals surface area contributed by atoms with E-state index in [-0.39, 0.29) is 42.9 Å². The number of aliphatic carboxylic acids is 1. The first-order valence-corrected chi connectivity index (χ1v) is 12.1. The number of ether oxygens (including phenoxy) is 1. The van der Waals surface area contributed by atoms with E-state index < -0.39 is 12.1 Å². The molecule has 0 spiro atoms. The number of hydrogen-bond donors (Lipinski definition) is 3. The van der Waals surface area contributed by atoms with E-state index in [9.17, 15) is 14.4 Å². The number of carbonyl (C=O) groups is 3. The molecule has 3 atom stereocenters. The molecule has 2 aliphatic carbocycles. The average Bonchev–Trinajstić information content (AvgIpc) is 3.43. The number of hydrogen-bond acceptors (Lipinski definition) is 4. The van der Waals surface area contributed by atoms with Gasteiger partial charge in [0.1, 0.15) is 6.61 Å². The van der Waals surface area contributed by atoms with Gasteiger partial charge in [-0.3, -0.25) is 9.59 Å². The normalized spacial score (nSPS) is 19.7. The molecule has 7 nitrogen and oxygen atoms in total.